The van der Waals surface area contributed by atoms with Gasteiger partial charge >= 0.3 is 5.97 Å². The summed E-state index contributed by atoms with van der Waals surface area (Å²) in [6, 6.07) is 10.0. The first-order chi connectivity index (χ1) is 17.0. The molecule has 0 bridgehead atoms. The Morgan fingerprint density at radius 3 is 2.57 bits per heavy atom. The largest absolute Gasteiger partial charge is 0.481 e. The number of hydrogen-bond acceptors (Lipinski definition) is 5. The summed E-state index contributed by atoms with van der Waals surface area (Å²) >= 11 is 0. The monoisotopic (exact) mass is 483 g/mol. The first kappa shape index (κ1) is 24.9. The topological polar surface area (TPSA) is 91.8 Å². The van der Waals surface area contributed by atoms with Crippen molar-refractivity contribution in [3.8, 4) is 5.88 Å². The zero-order chi connectivity index (χ0) is 24.6. The van der Waals surface area contributed by atoms with E-state index in [-0.39, 0.29) is 36.0 Å². The van der Waals surface area contributed by atoms with Crippen LogP contribution in [0.2, 0.25) is 0 Å². The molecule has 1 saturated carbocycles. The van der Waals surface area contributed by atoms with Crippen molar-refractivity contribution in [2.24, 2.45) is 5.92 Å². The van der Waals surface area contributed by atoms with E-state index in [9.17, 15) is 19.1 Å². The number of rotatable bonds is 9. The number of amides is 1. The molecule has 1 unspecified atom stereocenters. The Morgan fingerprint density at radius 2 is 1.83 bits per heavy atom. The smallest absolute Gasteiger partial charge is 0.303 e. The Morgan fingerprint density at radius 1 is 1.06 bits per heavy atom. The van der Waals surface area contributed by atoms with Crippen molar-refractivity contribution in [1.29, 1.82) is 0 Å². The minimum atomic E-state index is -0.788. The number of carboxylic acids is 1. The Hall–Kier alpha value is -3.16. The van der Waals surface area contributed by atoms with Gasteiger partial charge in [-0.1, -0.05) is 31.4 Å². The van der Waals surface area contributed by atoms with Crippen molar-refractivity contribution < 1.29 is 23.8 Å². The molecule has 1 atom stereocenters. The Kier molecular flexibility index (Phi) is 8.55. The molecule has 1 amide bonds. The third kappa shape index (κ3) is 7.16. The van der Waals surface area contributed by atoms with Gasteiger partial charge in [0.15, 0.2) is 0 Å². The molecule has 35 heavy (non-hydrogen) atoms. The molecule has 1 aromatic heterocycles. The number of benzene rings is 1. The van der Waals surface area contributed by atoms with E-state index in [0.29, 0.717) is 31.0 Å². The maximum atomic E-state index is 13.2. The summed E-state index contributed by atoms with van der Waals surface area (Å²) in [5.41, 5.74) is 1.33. The molecule has 0 spiro atoms. The molecule has 2 heterocycles. The zero-order valence-corrected chi connectivity index (χ0v) is 20.0. The maximum absolute atomic E-state index is 13.2. The van der Waals surface area contributed by atoms with Crippen LogP contribution < -0.4 is 15.0 Å². The fraction of sp³-hybridized carbons (Fsp3) is 0.519. The van der Waals surface area contributed by atoms with E-state index in [0.717, 1.165) is 50.6 Å². The van der Waals surface area contributed by atoms with Crippen molar-refractivity contribution in [2.45, 2.75) is 63.8 Å². The SMILES string of the molecule is O=C(O)CC1CCCN(c2ccc(C(=O)NC3CCCCC3)c(OCCc3ccc(F)cc3)n2)C1. The fourth-order valence-corrected chi connectivity index (χ4v) is 5.00. The molecule has 188 valence electrons. The van der Waals surface area contributed by atoms with Crippen molar-refractivity contribution in [1.82, 2.24) is 10.3 Å². The first-order valence-corrected chi connectivity index (χ1v) is 12.6. The van der Waals surface area contributed by atoms with Crippen LogP contribution in [-0.4, -0.2) is 47.7 Å². The van der Waals surface area contributed by atoms with E-state index < -0.39 is 5.97 Å². The van der Waals surface area contributed by atoms with E-state index in [4.69, 9.17) is 9.72 Å². The molecule has 2 N–H and O–H groups in total. The van der Waals surface area contributed by atoms with Crippen molar-refractivity contribution in [3.05, 3.63) is 53.3 Å². The molecular weight excluding hydrogens is 449 g/mol. The van der Waals surface area contributed by atoms with Crippen molar-refractivity contribution >= 4 is 17.7 Å². The number of anilines is 1. The van der Waals surface area contributed by atoms with Gasteiger partial charge in [0.25, 0.3) is 5.91 Å². The van der Waals surface area contributed by atoms with Gasteiger partial charge in [-0.25, -0.2) is 4.39 Å². The number of aliphatic carboxylic acids is 1. The van der Waals surface area contributed by atoms with Gasteiger partial charge in [-0.2, -0.15) is 4.98 Å². The van der Waals surface area contributed by atoms with Gasteiger partial charge in [0.2, 0.25) is 5.88 Å². The average molecular weight is 484 g/mol. The van der Waals surface area contributed by atoms with Crippen LogP contribution in [0.4, 0.5) is 10.2 Å². The van der Waals surface area contributed by atoms with Crippen molar-refractivity contribution in [2.75, 3.05) is 24.6 Å². The highest BCUT2D eigenvalue weighted by molar-refractivity contribution is 5.96. The van der Waals surface area contributed by atoms with Crippen LogP contribution in [-0.2, 0) is 11.2 Å². The number of nitrogens with zero attached hydrogens (tertiary/aromatic N) is 2. The number of carbonyl (C=O) groups excluding carboxylic acids is 1. The molecule has 8 heteroatoms. The normalized spacial score (nSPS) is 18.8. The van der Waals surface area contributed by atoms with E-state index >= 15 is 0 Å². The molecular formula is C27H34FN3O4. The zero-order valence-electron chi connectivity index (χ0n) is 20.0. The summed E-state index contributed by atoms with van der Waals surface area (Å²) in [5.74, 6) is -0.225. The van der Waals surface area contributed by atoms with Gasteiger partial charge < -0.3 is 20.1 Å². The number of aromatic nitrogens is 1. The lowest BCUT2D eigenvalue weighted by atomic mass is 9.95. The molecule has 2 fully saturated rings. The predicted octanol–water partition coefficient (Wildman–Crippen LogP) is 4.60. The summed E-state index contributed by atoms with van der Waals surface area (Å²) in [5, 5.41) is 12.3. The van der Waals surface area contributed by atoms with Gasteiger partial charge in [0.1, 0.15) is 17.2 Å². The number of halogens is 1. The van der Waals surface area contributed by atoms with Crippen LogP contribution in [0.25, 0.3) is 0 Å². The van der Waals surface area contributed by atoms with Gasteiger partial charge in [-0.3, -0.25) is 9.59 Å². The number of carbonyl (C=O) groups is 2. The minimum Gasteiger partial charge on any atom is -0.481 e. The maximum Gasteiger partial charge on any atom is 0.303 e. The highest BCUT2D eigenvalue weighted by Crippen LogP contribution is 2.28. The second kappa shape index (κ2) is 12.0. The molecule has 1 saturated heterocycles. The van der Waals surface area contributed by atoms with E-state index in [2.05, 4.69) is 10.2 Å². The van der Waals surface area contributed by atoms with Crippen LogP contribution in [0.15, 0.2) is 36.4 Å². The number of pyridine rings is 1. The summed E-state index contributed by atoms with van der Waals surface area (Å²) < 4.78 is 19.2. The molecule has 2 aromatic rings. The minimum absolute atomic E-state index is 0.0696. The Balaban J connectivity index is 1.49. The summed E-state index contributed by atoms with van der Waals surface area (Å²) in [7, 11) is 0. The summed E-state index contributed by atoms with van der Waals surface area (Å²) in [6.45, 7) is 1.70. The lowest BCUT2D eigenvalue weighted by Gasteiger charge is -2.33. The Labute approximate surface area is 205 Å². The first-order valence-electron chi connectivity index (χ1n) is 12.6. The summed E-state index contributed by atoms with van der Waals surface area (Å²) in [4.78, 5) is 31.1. The molecule has 4 rings (SSSR count). The molecule has 1 aliphatic carbocycles. The number of piperidine rings is 1. The van der Waals surface area contributed by atoms with E-state index in [1.165, 1.54) is 18.6 Å². The van der Waals surface area contributed by atoms with Crippen LogP contribution >= 0.6 is 0 Å². The lowest BCUT2D eigenvalue weighted by molar-refractivity contribution is -0.138. The molecule has 2 aliphatic rings. The second-order valence-corrected chi connectivity index (χ2v) is 9.61. The van der Waals surface area contributed by atoms with E-state index in [1.807, 2.05) is 6.07 Å². The van der Waals surface area contributed by atoms with Crippen LogP contribution in [0.3, 0.4) is 0 Å². The number of nitrogens with one attached hydrogen (secondary N) is 1. The fourth-order valence-electron chi connectivity index (χ4n) is 5.00. The third-order valence-corrected chi connectivity index (χ3v) is 6.88. The standard InChI is InChI=1S/C27H34FN3O4/c28-21-10-8-19(9-11-21)14-16-35-27-23(26(34)29-22-6-2-1-3-7-22)12-13-24(30-27)31-15-4-5-20(18-31)17-25(32)33/h8-13,20,22H,1-7,14-18H2,(H,29,34)(H,32,33). The van der Waals surface area contributed by atoms with Gasteiger partial charge in [-0.15, -0.1) is 0 Å². The highest BCUT2D eigenvalue weighted by Gasteiger charge is 2.25. The molecule has 1 aliphatic heterocycles. The lowest BCUT2D eigenvalue weighted by Crippen LogP contribution is -2.38. The van der Waals surface area contributed by atoms with Crippen molar-refractivity contribution in [3.63, 3.8) is 0 Å². The average Bonchev–Trinajstić information content (AvgIpc) is 2.85. The predicted molar refractivity (Wildman–Crippen MR) is 131 cm³/mol. The van der Waals surface area contributed by atoms with Crippen LogP contribution in [0, 0.1) is 11.7 Å². The highest BCUT2D eigenvalue weighted by atomic mass is 19.1. The number of carboxylic acid groups (broad SMARTS) is 1. The van der Waals surface area contributed by atoms with Gasteiger partial charge in [0, 0.05) is 32.0 Å². The summed E-state index contributed by atoms with van der Waals surface area (Å²) in [6.07, 6.45) is 7.88. The second-order valence-electron chi connectivity index (χ2n) is 9.61. The number of hydrogen-bond donors (Lipinski definition) is 2. The van der Waals surface area contributed by atoms with Gasteiger partial charge in [-0.05, 0) is 61.4 Å². The van der Waals surface area contributed by atoms with Crippen LogP contribution in [0.1, 0.15) is 67.3 Å². The van der Waals surface area contributed by atoms with Gasteiger partial charge in [0.05, 0.1) is 6.61 Å². The van der Waals surface area contributed by atoms with Crippen LogP contribution in [0.5, 0.6) is 5.88 Å². The van der Waals surface area contributed by atoms with E-state index in [1.54, 1.807) is 18.2 Å². The quantitative estimate of drug-likeness (QED) is 0.542. The third-order valence-electron chi connectivity index (χ3n) is 6.88. The number of ether oxygens (including phenoxy) is 1. The molecule has 1 aromatic carbocycles. The molecule has 7 nitrogen and oxygen atoms in total. The Bertz CT molecular complexity index is 1010. The molecule has 0 radical (unpaired) electrons.